The number of aliphatic carboxylic acids is 1. The van der Waals surface area contributed by atoms with E-state index in [0.717, 1.165) is 24.2 Å². The van der Waals surface area contributed by atoms with Crippen LogP contribution in [0.1, 0.15) is 45.4 Å². The predicted molar refractivity (Wildman–Crippen MR) is 69.7 cm³/mol. The van der Waals surface area contributed by atoms with Gasteiger partial charge >= 0.3 is 11.9 Å². The van der Waals surface area contributed by atoms with Crippen molar-refractivity contribution in [1.29, 1.82) is 0 Å². The maximum Gasteiger partial charge on any atom is 0.319 e. The first-order valence-corrected chi connectivity index (χ1v) is 7.61. The molecule has 6 atom stereocenters. The Morgan fingerprint density at radius 3 is 2.70 bits per heavy atom. The summed E-state index contributed by atoms with van der Waals surface area (Å²) >= 11 is 0. The molecule has 3 fully saturated rings. The maximum atomic E-state index is 11.3. The lowest BCUT2D eigenvalue weighted by Crippen LogP contribution is -2.34. The fourth-order valence-corrected chi connectivity index (χ4v) is 4.79. The largest absolute Gasteiger partial charge is 0.481 e. The average Bonchev–Trinajstić information content (AvgIpc) is 2.96. The van der Waals surface area contributed by atoms with Crippen molar-refractivity contribution >= 4 is 11.9 Å². The number of carbonyl (C=O) groups is 2. The smallest absolute Gasteiger partial charge is 0.319 e. The molecule has 0 aliphatic heterocycles. The summed E-state index contributed by atoms with van der Waals surface area (Å²) in [5.74, 6) is 1.22. The summed E-state index contributed by atoms with van der Waals surface area (Å²) < 4.78 is 10.9. The minimum Gasteiger partial charge on any atom is -0.481 e. The van der Waals surface area contributed by atoms with Gasteiger partial charge in [0.05, 0.1) is 6.10 Å². The molecule has 5 nitrogen and oxygen atoms in total. The molecule has 3 aliphatic rings. The minimum absolute atomic E-state index is 0.187. The molecule has 3 saturated carbocycles. The number of hydrogen-bond donors (Lipinski definition) is 1. The number of ether oxygens (including phenoxy) is 2. The lowest BCUT2D eigenvalue weighted by Gasteiger charge is -2.32. The van der Waals surface area contributed by atoms with Gasteiger partial charge in [0, 0.05) is 0 Å². The number of carbonyl (C=O) groups excluding carboxylic acids is 1. The Morgan fingerprint density at radius 2 is 1.95 bits per heavy atom. The number of rotatable bonds is 5. The predicted octanol–water partition coefficient (Wildman–Crippen LogP) is 2.19. The second-order valence-corrected chi connectivity index (χ2v) is 6.46. The quantitative estimate of drug-likeness (QED) is 0.475. The molecule has 0 aromatic rings. The molecule has 0 radical (unpaired) electrons. The number of carboxylic acids is 1. The summed E-state index contributed by atoms with van der Waals surface area (Å²) in [6.07, 6.45) is 5.31. The Balaban J connectivity index is 1.49. The third kappa shape index (κ3) is 2.55. The third-order valence-corrected chi connectivity index (χ3v) is 5.33. The van der Waals surface area contributed by atoms with E-state index in [1.54, 1.807) is 6.92 Å². The van der Waals surface area contributed by atoms with Crippen molar-refractivity contribution in [3.63, 3.8) is 0 Å². The molecule has 2 bridgehead atoms. The first kappa shape index (κ1) is 13.9. The number of carboxylic acid groups (broad SMARTS) is 1. The van der Waals surface area contributed by atoms with Gasteiger partial charge in [-0.25, -0.2) is 0 Å². The van der Waals surface area contributed by atoms with Gasteiger partial charge in [0.15, 0.2) is 6.29 Å². The molecule has 0 aromatic heterocycles. The van der Waals surface area contributed by atoms with E-state index in [2.05, 4.69) is 0 Å². The number of esters is 1. The van der Waals surface area contributed by atoms with Crippen LogP contribution >= 0.6 is 0 Å². The topological polar surface area (TPSA) is 72.8 Å². The monoisotopic (exact) mass is 282 g/mol. The van der Waals surface area contributed by atoms with Crippen molar-refractivity contribution in [1.82, 2.24) is 0 Å². The van der Waals surface area contributed by atoms with Crippen LogP contribution in [0.25, 0.3) is 0 Å². The highest BCUT2D eigenvalue weighted by atomic mass is 16.7. The Kier molecular flexibility index (Phi) is 3.71. The van der Waals surface area contributed by atoms with Crippen molar-refractivity contribution in [2.45, 2.75) is 57.8 Å². The lowest BCUT2D eigenvalue weighted by molar-refractivity contribution is -0.193. The van der Waals surface area contributed by atoms with E-state index < -0.39 is 24.6 Å². The summed E-state index contributed by atoms with van der Waals surface area (Å²) in [6.45, 7) is 1.68. The summed E-state index contributed by atoms with van der Waals surface area (Å²) in [5.41, 5.74) is 0. The van der Waals surface area contributed by atoms with Crippen molar-refractivity contribution in [2.75, 3.05) is 0 Å². The number of fused-ring (bicyclic) bond motifs is 5. The zero-order valence-electron chi connectivity index (χ0n) is 11.8. The fourth-order valence-electron chi connectivity index (χ4n) is 4.79. The average molecular weight is 282 g/mol. The molecule has 0 saturated heterocycles. The Bertz CT molecular complexity index is 407. The SMILES string of the molecule is CC(OC(=O)CC(=O)O)OC1CC2CC1C1CCCC21. The van der Waals surface area contributed by atoms with E-state index in [0.29, 0.717) is 5.92 Å². The molecular formula is C15H22O5. The van der Waals surface area contributed by atoms with Crippen LogP contribution < -0.4 is 0 Å². The standard InChI is InChI=1S/C15H22O5/c1-8(20-15(18)7-14(16)17)19-13-6-9-5-12(13)11-4-2-3-10(9)11/h8-13H,2-7H2,1H3,(H,16,17). The zero-order valence-corrected chi connectivity index (χ0v) is 11.8. The fraction of sp³-hybridized carbons (Fsp3) is 0.867. The van der Waals surface area contributed by atoms with Gasteiger partial charge in [-0.1, -0.05) is 6.42 Å². The maximum absolute atomic E-state index is 11.3. The van der Waals surface area contributed by atoms with Crippen molar-refractivity contribution in [3.8, 4) is 0 Å². The van der Waals surface area contributed by atoms with Crippen LogP contribution in [0.5, 0.6) is 0 Å². The van der Waals surface area contributed by atoms with Gasteiger partial charge < -0.3 is 14.6 Å². The molecule has 3 rings (SSSR count). The molecule has 0 aromatic carbocycles. The van der Waals surface area contributed by atoms with Gasteiger partial charge in [-0.3, -0.25) is 9.59 Å². The number of hydrogen-bond acceptors (Lipinski definition) is 4. The molecule has 0 heterocycles. The van der Waals surface area contributed by atoms with Gasteiger partial charge in [-0.05, 0) is 56.3 Å². The molecule has 5 heteroatoms. The van der Waals surface area contributed by atoms with Crippen molar-refractivity contribution in [2.24, 2.45) is 23.7 Å². The Morgan fingerprint density at radius 1 is 1.20 bits per heavy atom. The van der Waals surface area contributed by atoms with E-state index in [9.17, 15) is 9.59 Å². The highest BCUT2D eigenvalue weighted by molar-refractivity contribution is 5.90. The van der Waals surface area contributed by atoms with E-state index in [4.69, 9.17) is 14.6 Å². The Labute approximate surface area is 118 Å². The minimum atomic E-state index is -1.17. The summed E-state index contributed by atoms with van der Waals surface area (Å²) in [7, 11) is 0. The van der Waals surface area contributed by atoms with E-state index in [-0.39, 0.29) is 6.10 Å². The van der Waals surface area contributed by atoms with Gasteiger partial charge in [0.1, 0.15) is 6.42 Å². The van der Waals surface area contributed by atoms with Crippen LogP contribution in [-0.4, -0.2) is 29.4 Å². The second-order valence-electron chi connectivity index (χ2n) is 6.46. The molecule has 3 aliphatic carbocycles. The summed E-state index contributed by atoms with van der Waals surface area (Å²) in [5, 5.41) is 8.53. The van der Waals surface area contributed by atoms with Crippen molar-refractivity contribution in [3.05, 3.63) is 0 Å². The second kappa shape index (κ2) is 5.35. The molecule has 0 amide bonds. The van der Waals surface area contributed by atoms with E-state index in [1.807, 2.05) is 0 Å². The van der Waals surface area contributed by atoms with Gasteiger partial charge in [-0.2, -0.15) is 0 Å². The first-order chi connectivity index (χ1) is 9.54. The zero-order chi connectivity index (χ0) is 14.3. The Hall–Kier alpha value is -1.10. The molecule has 6 unspecified atom stereocenters. The highest BCUT2D eigenvalue weighted by Gasteiger charge is 2.54. The third-order valence-electron chi connectivity index (χ3n) is 5.33. The molecular weight excluding hydrogens is 260 g/mol. The lowest BCUT2D eigenvalue weighted by atomic mass is 9.80. The van der Waals surface area contributed by atoms with Gasteiger partial charge in [-0.15, -0.1) is 0 Å². The van der Waals surface area contributed by atoms with E-state index in [1.165, 1.54) is 25.7 Å². The van der Waals surface area contributed by atoms with Crippen molar-refractivity contribution < 1.29 is 24.2 Å². The van der Waals surface area contributed by atoms with Crippen LogP contribution in [0.2, 0.25) is 0 Å². The van der Waals surface area contributed by atoms with Crippen LogP contribution in [0.4, 0.5) is 0 Å². The molecule has 1 N–H and O–H groups in total. The molecule has 20 heavy (non-hydrogen) atoms. The van der Waals surface area contributed by atoms with Crippen LogP contribution in [0.15, 0.2) is 0 Å². The summed E-state index contributed by atoms with van der Waals surface area (Å²) in [4.78, 5) is 21.7. The van der Waals surface area contributed by atoms with Gasteiger partial charge in [0.25, 0.3) is 0 Å². The van der Waals surface area contributed by atoms with Crippen LogP contribution in [-0.2, 0) is 19.1 Å². The molecule has 0 spiro atoms. The molecule has 112 valence electrons. The normalized spacial score (nSPS) is 39.5. The first-order valence-electron chi connectivity index (χ1n) is 7.61. The van der Waals surface area contributed by atoms with Crippen LogP contribution in [0, 0.1) is 23.7 Å². The highest BCUT2D eigenvalue weighted by Crippen LogP contribution is 2.59. The van der Waals surface area contributed by atoms with E-state index >= 15 is 0 Å². The van der Waals surface area contributed by atoms with Crippen LogP contribution in [0.3, 0.4) is 0 Å². The van der Waals surface area contributed by atoms with Gasteiger partial charge in [0.2, 0.25) is 0 Å². The summed E-state index contributed by atoms with van der Waals surface area (Å²) in [6, 6.07) is 0.